The normalized spacial score (nSPS) is 16.9. The van der Waals surface area contributed by atoms with Crippen molar-refractivity contribution in [2.45, 2.75) is 25.3 Å². The fourth-order valence-electron chi connectivity index (χ4n) is 3.45. The molecule has 2 heterocycles. The SMILES string of the molecule is CN1CCCC1CCOc1nc2ccccc2nc1C#Cc1ccccc1. The van der Waals surface area contributed by atoms with Crippen molar-refractivity contribution in [1.29, 1.82) is 0 Å². The molecule has 0 N–H and O–H groups in total. The van der Waals surface area contributed by atoms with E-state index in [0.717, 1.165) is 23.0 Å². The summed E-state index contributed by atoms with van der Waals surface area (Å²) < 4.78 is 6.04. The molecule has 4 heteroatoms. The van der Waals surface area contributed by atoms with Crippen molar-refractivity contribution in [2.24, 2.45) is 0 Å². The van der Waals surface area contributed by atoms with E-state index >= 15 is 0 Å². The fourth-order valence-corrected chi connectivity index (χ4v) is 3.45. The van der Waals surface area contributed by atoms with Gasteiger partial charge in [0.25, 0.3) is 0 Å². The van der Waals surface area contributed by atoms with Crippen LogP contribution in [-0.2, 0) is 0 Å². The van der Waals surface area contributed by atoms with E-state index in [0.29, 0.717) is 24.2 Å². The first-order chi connectivity index (χ1) is 13.3. The Labute approximate surface area is 160 Å². The summed E-state index contributed by atoms with van der Waals surface area (Å²) in [6, 6.07) is 18.3. The zero-order valence-electron chi connectivity index (χ0n) is 15.6. The minimum atomic E-state index is 0.526. The Bertz CT molecular complexity index is 975. The number of hydrogen-bond donors (Lipinski definition) is 0. The Balaban J connectivity index is 1.58. The number of aromatic nitrogens is 2. The maximum atomic E-state index is 6.04. The van der Waals surface area contributed by atoms with Crippen molar-refractivity contribution < 1.29 is 4.74 Å². The van der Waals surface area contributed by atoms with Gasteiger partial charge in [0.15, 0.2) is 5.69 Å². The monoisotopic (exact) mass is 357 g/mol. The van der Waals surface area contributed by atoms with E-state index in [1.54, 1.807) is 0 Å². The van der Waals surface area contributed by atoms with Crippen molar-refractivity contribution in [3.05, 3.63) is 65.9 Å². The number of hydrogen-bond acceptors (Lipinski definition) is 4. The molecule has 1 fully saturated rings. The van der Waals surface area contributed by atoms with E-state index in [4.69, 9.17) is 4.74 Å². The van der Waals surface area contributed by atoms with Crippen molar-refractivity contribution in [3.8, 4) is 17.7 Å². The van der Waals surface area contributed by atoms with Crippen molar-refractivity contribution in [2.75, 3.05) is 20.2 Å². The van der Waals surface area contributed by atoms with E-state index in [9.17, 15) is 0 Å². The molecule has 27 heavy (non-hydrogen) atoms. The summed E-state index contributed by atoms with van der Waals surface area (Å²) in [7, 11) is 2.18. The molecule has 1 unspecified atom stereocenters. The third-order valence-corrected chi connectivity index (χ3v) is 5.00. The number of para-hydroxylation sites is 2. The summed E-state index contributed by atoms with van der Waals surface area (Å²) in [5.41, 5.74) is 3.21. The van der Waals surface area contributed by atoms with Crippen LogP contribution >= 0.6 is 0 Å². The summed E-state index contributed by atoms with van der Waals surface area (Å²) in [5.74, 6) is 6.84. The van der Waals surface area contributed by atoms with Crippen LogP contribution in [0.15, 0.2) is 54.6 Å². The highest BCUT2D eigenvalue weighted by Gasteiger charge is 2.20. The highest BCUT2D eigenvalue weighted by Crippen LogP contribution is 2.21. The van der Waals surface area contributed by atoms with Gasteiger partial charge in [0.2, 0.25) is 5.88 Å². The zero-order valence-corrected chi connectivity index (χ0v) is 15.6. The number of benzene rings is 2. The molecule has 0 bridgehead atoms. The predicted octanol–water partition coefficient (Wildman–Crippen LogP) is 3.89. The summed E-state index contributed by atoms with van der Waals surface area (Å²) >= 11 is 0. The number of ether oxygens (including phenoxy) is 1. The number of fused-ring (bicyclic) bond motifs is 1. The Kier molecular flexibility index (Phi) is 5.32. The molecule has 0 aliphatic carbocycles. The average molecular weight is 357 g/mol. The van der Waals surface area contributed by atoms with Gasteiger partial charge < -0.3 is 9.64 Å². The van der Waals surface area contributed by atoms with Gasteiger partial charge in [-0.2, -0.15) is 0 Å². The fraction of sp³-hybridized carbons (Fsp3) is 0.304. The lowest BCUT2D eigenvalue weighted by molar-refractivity contribution is 0.228. The van der Waals surface area contributed by atoms with Crippen LogP contribution in [0.1, 0.15) is 30.5 Å². The van der Waals surface area contributed by atoms with Crippen molar-refractivity contribution in [1.82, 2.24) is 14.9 Å². The molecule has 0 radical (unpaired) electrons. The first-order valence-electron chi connectivity index (χ1n) is 9.46. The van der Waals surface area contributed by atoms with Crippen LogP contribution in [0.5, 0.6) is 5.88 Å². The van der Waals surface area contributed by atoms with Crippen LogP contribution in [0.4, 0.5) is 0 Å². The lowest BCUT2D eigenvalue weighted by Crippen LogP contribution is -2.26. The molecular formula is C23H23N3O. The molecule has 2 aromatic carbocycles. The molecule has 1 atom stereocenters. The molecule has 1 aromatic heterocycles. The molecule has 0 amide bonds. The van der Waals surface area contributed by atoms with E-state index in [-0.39, 0.29) is 0 Å². The van der Waals surface area contributed by atoms with Crippen molar-refractivity contribution >= 4 is 11.0 Å². The van der Waals surface area contributed by atoms with E-state index in [2.05, 4.69) is 33.8 Å². The van der Waals surface area contributed by atoms with Crippen LogP contribution in [-0.4, -0.2) is 41.1 Å². The summed E-state index contributed by atoms with van der Waals surface area (Å²) in [6.45, 7) is 1.80. The second-order valence-electron chi connectivity index (χ2n) is 6.90. The van der Waals surface area contributed by atoms with Crippen LogP contribution in [0.3, 0.4) is 0 Å². The molecule has 4 rings (SSSR count). The first kappa shape index (κ1) is 17.5. The van der Waals surface area contributed by atoms with Crippen LogP contribution < -0.4 is 4.74 Å². The molecular weight excluding hydrogens is 334 g/mol. The molecule has 4 nitrogen and oxygen atoms in total. The number of rotatable bonds is 4. The second-order valence-corrected chi connectivity index (χ2v) is 6.90. The van der Waals surface area contributed by atoms with Gasteiger partial charge >= 0.3 is 0 Å². The lowest BCUT2D eigenvalue weighted by atomic mass is 10.1. The first-order valence-corrected chi connectivity index (χ1v) is 9.46. The quantitative estimate of drug-likeness (QED) is 0.664. The molecule has 3 aromatic rings. The zero-order chi connectivity index (χ0) is 18.5. The molecule has 1 saturated heterocycles. The van der Waals surface area contributed by atoms with Gasteiger partial charge in [0.05, 0.1) is 17.6 Å². The highest BCUT2D eigenvalue weighted by atomic mass is 16.5. The number of nitrogens with zero attached hydrogens (tertiary/aromatic N) is 3. The van der Waals surface area contributed by atoms with Crippen LogP contribution in [0, 0.1) is 11.8 Å². The van der Waals surface area contributed by atoms with Crippen molar-refractivity contribution in [3.63, 3.8) is 0 Å². The van der Waals surface area contributed by atoms with Gasteiger partial charge in [-0.25, -0.2) is 9.97 Å². The largest absolute Gasteiger partial charge is 0.476 e. The van der Waals surface area contributed by atoms with Gasteiger partial charge in [-0.3, -0.25) is 0 Å². The Morgan fingerprint density at radius 2 is 1.74 bits per heavy atom. The minimum Gasteiger partial charge on any atom is -0.476 e. The average Bonchev–Trinajstić information content (AvgIpc) is 3.12. The van der Waals surface area contributed by atoms with E-state index in [1.165, 1.54) is 19.4 Å². The smallest absolute Gasteiger partial charge is 0.249 e. The molecule has 1 aliphatic rings. The van der Waals surface area contributed by atoms with Gasteiger partial charge in [0, 0.05) is 11.6 Å². The summed E-state index contributed by atoms with van der Waals surface area (Å²) in [5, 5.41) is 0. The minimum absolute atomic E-state index is 0.526. The van der Waals surface area contributed by atoms with Crippen LogP contribution in [0.2, 0.25) is 0 Å². The Hall–Kier alpha value is -2.90. The van der Waals surface area contributed by atoms with Gasteiger partial charge in [-0.15, -0.1) is 0 Å². The maximum Gasteiger partial charge on any atom is 0.249 e. The summed E-state index contributed by atoms with van der Waals surface area (Å²) in [6.07, 6.45) is 3.51. The lowest BCUT2D eigenvalue weighted by Gasteiger charge is -2.19. The standard InChI is InChI=1S/C23H23N3O/c1-26-16-7-10-19(26)15-17-27-23-22(14-13-18-8-3-2-4-9-18)24-20-11-5-6-12-21(20)25-23/h2-6,8-9,11-12,19H,7,10,15-17H2,1H3. The summed E-state index contributed by atoms with van der Waals surface area (Å²) in [4.78, 5) is 11.8. The van der Waals surface area contributed by atoms with Gasteiger partial charge in [-0.1, -0.05) is 36.3 Å². The topological polar surface area (TPSA) is 38.2 Å². The van der Waals surface area contributed by atoms with Gasteiger partial charge in [0.1, 0.15) is 0 Å². The third-order valence-electron chi connectivity index (χ3n) is 5.00. The Morgan fingerprint density at radius 3 is 2.48 bits per heavy atom. The molecule has 0 spiro atoms. The van der Waals surface area contributed by atoms with E-state index < -0.39 is 0 Å². The van der Waals surface area contributed by atoms with Crippen LogP contribution in [0.25, 0.3) is 11.0 Å². The van der Waals surface area contributed by atoms with E-state index in [1.807, 2.05) is 54.6 Å². The molecule has 0 saturated carbocycles. The second kappa shape index (κ2) is 8.20. The molecule has 1 aliphatic heterocycles. The molecule has 136 valence electrons. The number of likely N-dealkylation sites (tertiary alicyclic amines) is 1. The Morgan fingerprint density at radius 1 is 1.00 bits per heavy atom. The van der Waals surface area contributed by atoms with Gasteiger partial charge in [-0.05, 0) is 63.0 Å². The third kappa shape index (κ3) is 4.27. The maximum absolute atomic E-state index is 6.04. The predicted molar refractivity (Wildman–Crippen MR) is 108 cm³/mol. The highest BCUT2D eigenvalue weighted by molar-refractivity contribution is 5.75.